The minimum Gasteiger partial charge on any atom is -0.369 e. The highest BCUT2D eigenvalue weighted by atomic mass is 35.5. The Morgan fingerprint density at radius 2 is 2.38 bits per heavy atom. The van der Waals surface area contributed by atoms with Crippen LogP contribution in [0.3, 0.4) is 0 Å². The Balaban J connectivity index is 2.18. The SMILES string of the molecule is NC(=O)Cc1ccc(C2=CC(Cl)CC=C2)[nH]1. The number of aromatic amines is 1. The van der Waals surface area contributed by atoms with Crippen LogP contribution in [0.5, 0.6) is 0 Å². The molecule has 2 rings (SSSR count). The lowest BCUT2D eigenvalue weighted by molar-refractivity contribution is -0.117. The van der Waals surface area contributed by atoms with E-state index in [0.717, 1.165) is 23.4 Å². The number of aromatic nitrogens is 1. The second kappa shape index (κ2) is 4.58. The molecule has 1 aliphatic rings. The smallest absolute Gasteiger partial charge is 0.223 e. The van der Waals surface area contributed by atoms with Gasteiger partial charge in [0.1, 0.15) is 0 Å². The topological polar surface area (TPSA) is 58.9 Å². The number of rotatable bonds is 3. The van der Waals surface area contributed by atoms with Crippen molar-refractivity contribution in [3.8, 4) is 0 Å². The van der Waals surface area contributed by atoms with Gasteiger partial charge in [-0.1, -0.05) is 18.2 Å². The predicted molar refractivity (Wildman–Crippen MR) is 65.1 cm³/mol. The number of H-pyrrole nitrogens is 1. The van der Waals surface area contributed by atoms with Crippen molar-refractivity contribution in [2.24, 2.45) is 5.73 Å². The third-order valence-corrected chi connectivity index (χ3v) is 2.75. The third-order valence-electron chi connectivity index (χ3n) is 2.44. The van der Waals surface area contributed by atoms with Gasteiger partial charge in [0, 0.05) is 11.4 Å². The zero-order chi connectivity index (χ0) is 11.5. The van der Waals surface area contributed by atoms with Crippen LogP contribution in [0.4, 0.5) is 0 Å². The van der Waals surface area contributed by atoms with Crippen LogP contribution in [0.1, 0.15) is 17.8 Å². The maximum Gasteiger partial charge on any atom is 0.223 e. The lowest BCUT2D eigenvalue weighted by Crippen LogP contribution is -2.13. The van der Waals surface area contributed by atoms with E-state index in [1.54, 1.807) is 0 Å². The fourth-order valence-corrected chi connectivity index (χ4v) is 1.96. The first-order chi connectivity index (χ1) is 7.65. The van der Waals surface area contributed by atoms with Crippen LogP contribution < -0.4 is 5.73 Å². The molecule has 0 spiro atoms. The zero-order valence-corrected chi connectivity index (χ0v) is 9.50. The fourth-order valence-electron chi connectivity index (χ4n) is 1.72. The summed E-state index contributed by atoms with van der Waals surface area (Å²) >= 11 is 6.04. The average Bonchev–Trinajstić information content (AvgIpc) is 2.65. The molecule has 84 valence electrons. The molecule has 0 saturated carbocycles. The van der Waals surface area contributed by atoms with E-state index in [9.17, 15) is 4.79 Å². The molecule has 0 aliphatic heterocycles. The largest absolute Gasteiger partial charge is 0.369 e. The lowest BCUT2D eigenvalue weighted by Gasteiger charge is -2.09. The highest BCUT2D eigenvalue weighted by molar-refractivity contribution is 6.22. The standard InChI is InChI=1S/C12H13ClN2O/c13-9-3-1-2-8(6-9)11-5-4-10(15-11)7-12(14)16/h1-2,4-6,9,15H,3,7H2,(H2,14,16). The Morgan fingerprint density at radius 3 is 3.06 bits per heavy atom. The Bertz CT molecular complexity index is 459. The van der Waals surface area contributed by atoms with Gasteiger partial charge in [0.05, 0.1) is 11.8 Å². The van der Waals surface area contributed by atoms with Gasteiger partial charge >= 0.3 is 0 Å². The van der Waals surface area contributed by atoms with Crippen LogP contribution in [0.25, 0.3) is 5.57 Å². The molecule has 0 bridgehead atoms. The molecule has 1 aromatic rings. The number of halogens is 1. The van der Waals surface area contributed by atoms with Crippen LogP contribution in [-0.2, 0) is 11.2 Å². The number of carbonyl (C=O) groups excluding carboxylic acids is 1. The maximum absolute atomic E-state index is 10.8. The van der Waals surface area contributed by atoms with Crippen molar-refractivity contribution in [3.05, 3.63) is 41.7 Å². The predicted octanol–water partition coefficient (Wildman–Crippen LogP) is 1.99. The second-order valence-corrected chi connectivity index (χ2v) is 4.38. The number of hydrogen-bond acceptors (Lipinski definition) is 1. The summed E-state index contributed by atoms with van der Waals surface area (Å²) in [5, 5.41) is 0.0443. The summed E-state index contributed by atoms with van der Waals surface area (Å²) in [6, 6.07) is 3.80. The number of amides is 1. The molecule has 0 saturated heterocycles. The van der Waals surface area contributed by atoms with Crippen LogP contribution in [0, 0.1) is 0 Å². The zero-order valence-electron chi connectivity index (χ0n) is 8.74. The minimum absolute atomic E-state index is 0.0443. The number of nitrogens with two attached hydrogens (primary N) is 1. The first-order valence-electron chi connectivity index (χ1n) is 5.14. The van der Waals surface area contributed by atoms with Crippen molar-refractivity contribution in [3.63, 3.8) is 0 Å². The monoisotopic (exact) mass is 236 g/mol. The number of hydrogen-bond donors (Lipinski definition) is 2. The van der Waals surface area contributed by atoms with E-state index in [2.05, 4.69) is 4.98 Å². The number of nitrogens with one attached hydrogen (secondary N) is 1. The van der Waals surface area contributed by atoms with Crippen molar-refractivity contribution in [2.75, 3.05) is 0 Å². The average molecular weight is 237 g/mol. The molecule has 0 radical (unpaired) electrons. The fraction of sp³-hybridized carbons (Fsp3) is 0.250. The van der Waals surface area contributed by atoms with Gasteiger partial charge in [-0.3, -0.25) is 4.79 Å². The summed E-state index contributed by atoms with van der Waals surface area (Å²) in [5.74, 6) is -0.336. The summed E-state index contributed by atoms with van der Waals surface area (Å²) in [5.41, 5.74) is 7.98. The van der Waals surface area contributed by atoms with Crippen LogP contribution in [-0.4, -0.2) is 16.3 Å². The van der Waals surface area contributed by atoms with Crippen molar-refractivity contribution < 1.29 is 4.79 Å². The summed E-state index contributed by atoms with van der Waals surface area (Å²) < 4.78 is 0. The summed E-state index contributed by atoms with van der Waals surface area (Å²) in [6.45, 7) is 0. The molecular weight excluding hydrogens is 224 g/mol. The molecule has 4 heteroatoms. The number of primary amides is 1. The maximum atomic E-state index is 10.8. The van der Waals surface area contributed by atoms with Crippen molar-refractivity contribution >= 4 is 23.1 Å². The molecule has 1 aliphatic carbocycles. The molecular formula is C12H13ClN2O. The van der Waals surface area contributed by atoms with Crippen molar-refractivity contribution in [1.82, 2.24) is 4.98 Å². The normalized spacial score (nSPS) is 19.6. The van der Waals surface area contributed by atoms with E-state index in [0.29, 0.717) is 0 Å². The Labute approximate surface area is 99.0 Å². The third kappa shape index (κ3) is 2.55. The Kier molecular flexibility index (Phi) is 3.15. The van der Waals surface area contributed by atoms with E-state index < -0.39 is 0 Å². The highest BCUT2D eigenvalue weighted by Gasteiger charge is 2.09. The van der Waals surface area contributed by atoms with E-state index in [1.807, 2.05) is 30.4 Å². The quantitative estimate of drug-likeness (QED) is 0.775. The van der Waals surface area contributed by atoms with Gasteiger partial charge in [-0.25, -0.2) is 0 Å². The summed E-state index contributed by atoms with van der Waals surface area (Å²) in [7, 11) is 0. The second-order valence-electron chi connectivity index (χ2n) is 3.82. The molecule has 1 aromatic heterocycles. The minimum atomic E-state index is -0.336. The van der Waals surface area contributed by atoms with Gasteiger partial charge < -0.3 is 10.7 Å². The van der Waals surface area contributed by atoms with E-state index in [4.69, 9.17) is 17.3 Å². The summed E-state index contributed by atoms with van der Waals surface area (Å²) in [6.07, 6.45) is 7.17. The van der Waals surface area contributed by atoms with Crippen LogP contribution in [0.2, 0.25) is 0 Å². The first-order valence-corrected chi connectivity index (χ1v) is 5.58. The molecule has 1 atom stereocenters. The molecule has 16 heavy (non-hydrogen) atoms. The van der Waals surface area contributed by atoms with Crippen LogP contribution >= 0.6 is 11.6 Å². The molecule has 1 unspecified atom stereocenters. The summed E-state index contributed by atoms with van der Waals surface area (Å²) in [4.78, 5) is 13.9. The number of alkyl halides is 1. The first kappa shape index (κ1) is 11.0. The lowest BCUT2D eigenvalue weighted by atomic mass is 10.0. The number of allylic oxidation sites excluding steroid dienone is 4. The van der Waals surface area contributed by atoms with Gasteiger partial charge in [0.15, 0.2) is 0 Å². The highest BCUT2D eigenvalue weighted by Crippen LogP contribution is 2.23. The van der Waals surface area contributed by atoms with Crippen molar-refractivity contribution in [1.29, 1.82) is 0 Å². The molecule has 3 nitrogen and oxygen atoms in total. The van der Waals surface area contributed by atoms with E-state index in [1.165, 1.54) is 0 Å². The Hall–Kier alpha value is -1.48. The molecule has 0 aromatic carbocycles. The van der Waals surface area contributed by atoms with Crippen LogP contribution in [0.15, 0.2) is 30.4 Å². The van der Waals surface area contributed by atoms with Gasteiger partial charge in [0.2, 0.25) is 5.91 Å². The van der Waals surface area contributed by atoms with Crippen molar-refractivity contribution in [2.45, 2.75) is 18.2 Å². The van der Waals surface area contributed by atoms with Gasteiger partial charge in [-0.2, -0.15) is 0 Å². The molecule has 0 fully saturated rings. The molecule has 3 N–H and O–H groups in total. The number of carbonyl (C=O) groups is 1. The van der Waals surface area contributed by atoms with Gasteiger partial charge in [-0.15, -0.1) is 11.6 Å². The Morgan fingerprint density at radius 1 is 1.56 bits per heavy atom. The molecule has 1 amide bonds. The van der Waals surface area contributed by atoms with E-state index in [-0.39, 0.29) is 17.7 Å². The van der Waals surface area contributed by atoms with Gasteiger partial charge in [0.25, 0.3) is 0 Å². The van der Waals surface area contributed by atoms with E-state index >= 15 is 0 Å². The molecule has 1 heterocycles. The van der Waals surface area contributed by atoms with Gasteiger partial charge in [-0.05, 0) is 24.1 Å².